The van der Waals surface area contributed by atoms with Gasteiger partial charge in [0.1, 0.15) is 11.9 Å². The molecule has 2 aromatic rings. The highest BCUT2D eigenvalue weighted by atomic mass is 19.1. The number of carbonyl (C=O) groups excluding carboxylic acids is 3. The van der Waals surface area contributed by atoms with E-state index in [1.165, 1.54) is 35.2 Å². The van der Waals surface area contributed by atoms with Gasteiger partial charge in [-0.05, 0) is 42.7 Å². The molecule has 3 atom stereocenters. The third-order valence-corrected chi connectivity index (χ3v) is 6.43. The molecule has 200 valence electrons. The van der Waals surface area contributed by atoms with Crippen LogP contribution in [0.25, 0.3) is 0 Å². The maximum atomic E-state index is 13.6. The number of halogens is 1. The summed E-state index contributed by atoms with van der Waals surface area (Å²) in [6.07, 6.45) is -1.72. The van der Waals surface area contributed by atoms with Crippen molar-refractivity contribution in [2.24, 2.45) is 0 Å². The first-order valence-electron chi connectivity index (χ1n) is 11.9. The lowest BCUT2D eigenvalue weighted by molar-refractivity contribution is -0.384. The van der Waals surface area contributed by atoms with Crippen LogP contribution in [0, 0.1) is 15.9 Å². The average Bonchev–Trinajstić information content (AvgIpc) is 3.58. The Morgan fingerprint density at radius 2 is 1.84 bits per heavy atom. The number of nitro groups is 1. The molecular formula is C25H25FN4O8. The smallest absolute Gasteiger partial charge is 0.305 e. The minimum Gasteiger partial charge on any atom is -0.481 e. The standard InChI is InChI=1S/C25H25FN4O8/c26-17-8-6-15(7-9-17)24(34)28-10-11-29(25(35)20-5-2-12-38-20)23(28)22(33)27-19(14-21(31)32)16-3-1-4-18(13-16)30(36)37/h1,3-4,6-9,13,19-20,23H,2,5,10-12,14H2,(H,27,33)(H,31,32). The molecule has 0 aromatic heterocycles. The van der Waals surface area contributed by atoms with Crippen molar-refractivity contribution in [3.8, 4) is 0 Å². The topological polar surface area (TPSA) is 159 Å². The van der Waals surface area contributed by atoms with Gasteiger partial charge in [0.15, 0.2) is 6.17 Å². The highest BCUT2D eigenvalue weighted by Gasteiger charge is 2.45. The predicted molar refractivity (Wildman–Crippen MR) is 128 cm³/mol. The van der Waals surface area contributed by atoms with Gasteiger partial charge in [0, 0.05) is 37.4 Å². The Balaban J connectivity index is 1.65. The first kappa shape index (κ1) is 26.7. The third-order valence-electron chi connectivity index (χ3n) is 6.43. The fourth-order valence-corrected chi connectivity index (χ4v) is 4.60. The molecule has 3 amide bonds. The summed E-state index contributed by atoms with van der Waals surface area (Å²) in [4.78, 5) is 64.7. The number of amides is 3. The second-order valence-corrected chi connectivity index (χ2v) is 8.92. The van der Waals surface area contributed by atoms with Gasteiger partial charge in [0.2, 0.25) is 0 Å². The zero-order valence-electron chi connectivity index (χ0n) is 20.1. The minimum atomic E-state index is -1.45. The highest BCUT2D eigenvalue weighted by Crippen LogP contribution is 2.26. The van der Waals surface area contributed by atoms with E-state index in [4.69, 9.17) is 4.74 Å². The van der Waals surface area contributed by atoms with Gasteiger partial charge in [-0.3, -0.25) is 29.3 Å². The van der Waals surface area contributed by atoms with Crippen molar-refractivity contribution in [2.75, 3.05) is 19.7 Å². The van der Waals surface area contributed by atoms with Crippen molar-refractivity contribution in [1.29, 1.82) is 0 Å². The molecule has 0 radical (unpaired) electrons. The van der Waals surface area contributed by atoms with Crippen LogP contribution in [0.1, 0.15) is 41.2 Å². The van der Waals surface area contributed by atoms with Gasteiger partial charge in [0.25, 0.3) is 23.4 Å². The van der Waals surface area contributed by atoms with E-state index < -0.39 is 59.2 Å². The Kier molecular flexibility index (Phi) is 7.96. The molecule has 0 bridgehead atoms. The second-order valence-electron chi connectivity index (χ2n) is 8.92. The number of hydrogen-bond acceptors (Lipinski definition) is 7. The van der Waals surface area contributed by atoms with Crippen molar-refractivity contribution in [3.63, 3.8) is 0 Å². The Morgan fingerprint density at radius 3 is 2.47 bits per heavy atom. The Bertz CT molecular complexity index is 1250. The van der Waals surface area contributed by atoms with Gasteiger partial charge in [-0.15, -0.1) is 0 Å². The number of hydrogen-bond donors (Lipinski definition) is 2. The molecule has 2 N–H and O–H groups in total. The SMILES string of the molecule is O=C(O)CC(NC(=O)C1N(C(=O)c2ccc(F)cc2)CCN1C(=O)C1CCCO1)c1cccc([N+](=O)[O-])c1. The van der Waals surface area contributed by atoms with E-state index in [0.717, 1.165) is 23.1 Å². The van der Waals surface area contributed by atoms with Gasteiger partial charge >= 0.3 is 5.97 Å². The summed E-state index contributed by atoms with van der Waals surface area (Å²) in [6.45, 7) is 0.393. The molecule has 2 fully saturated rings. The number of benzene rings is 2. The average molecular weight is 528 g/mol. The normalized spacial score (nSPS) is 19.7. The molecule has 0 saturated carbocycles. The summed E-state index contributed by atoms with van der Waals surface area (Å²) >= 11 is 0. The fourth-order valence-electron chi connectivity index (χ4n) is 4.60. The Labute approximate surface area is 216 Å². The number of carbonyl (C=O) groups is 4. The summed E-state index contributed by atoms with van der Waals surface area (Å²) < 4.78 is 18.9. The number of carboxylic acids is 1. The number of aliphatic carboxylic acids is 1. The lowest BCUT2D eigenvalue weighted by atomic mass is 10.0. The first-order valence-corrected chi connectivity index (χ1v) is 11.9. The summed E-state index contributed by atoms with van der Waals surface area (Å²) in [5, 5.41) is 23.2. The number of nitrogens with zero attached hydrogens (tertiary/aromatic N) is 3. The van der Waals surface area contributed by atoms with Crippen molar-refractivity contribution in [1.82, 2.24) is 15.1 Å². The number of nitrogens with one attached hydrogen (secondary N) is 1. The molecule has 3 unspecified atom stereocenters. The summed E-state index contributed by atoms with van der Waals surface area (Å²) in [7, 11) is 0. The molecular weight excluding hydrogens is 503 g/mol. The quantitative estimate of drug-likeness (QED) is 0.388. The van der Waals surface area contributed by atoms with Gasteiger partial charge in [-0.25, -0.2) is 4.39 Å². The largest absolute Gasteiger partial charge is 0.481 e. The monoisotopic (exact) mass is 528 g/mol. The lowest BCUT2D eigenvalue weighted by Crippen LogP contribution is -2.56. The van der Waals surface area contributed by atoms with E-state index in [1.807, 2.05) is 0 Å². The van der Waals surface area contributed by atoms with Crippen LogP contribution >= 0.6 is 0 Å². The number of nitro benzene ring substituents is 1. The van der Waals surface area contributed by atoms with E-state index in [0.29, 0.717) is 19.4 Å². The number of non-ortho nitro benzene ring substituents is 1. The van der Waals surface area contributed by atoms with Crippen LogP contribution in [0.2, 0.25) is 0 Å². The fraction of sp³-hybridized carbons (Fsp3) is 0.360. The van der Waals surface area contributed by atoms with Gasteiger partial charge < -0.3 is 25.0 Å². The molecule has 0 spiro atoms. The van der Waals surface area contributed by atoms with Crippen molar-refractivity contribution in [3.05, 3.63) is 75.6 Å². The van der Waals surface area contributed by atoms with Crippen LogP contribution in [0.3, 0.4) is 0 Å². The van der Waals surface area contributed by atoms with E-state index in [1.54, 1.807) is 0 Å². The van der Waals surface area contributed by atoms with Crippen molar-refractivity contribution in [2.45, 2.75) is 37.6 Å². The first-order chi connectivity index (χ1) is 18.2. The summed E-state index contributed by atoms with van der Waals surface area (Å²) in [5.74, 6) is -3.79. The number of ether oxygens (including phenoxy) is 1. The van der Waals surface area contributed by atoms with Crippen molar-refractivity contribution < 1.29 is 38.3 Å². The number of carboxylic acid groups (broad SMARTS) is 1. The van der Waals surface area contributed by atoms with E-state index in [-0.39, 0.29) is 29.9 Å². The van der Waals surface area contributed by atoms with Crippen LogP contribution in [0.4, 0.5) is 10.1 Å². The summed E-state index contributed by atoms with van der Waals surface area (Å²) in [6, 6.07) is 8.69. The minimum absolute atomic E-state index is 0.00678. The molecule has 2 heterocycles. The molecule has 2 aliphatic rings. The van der Waals surface area contributed by atoms with Crippen LogP contribution in [0.15, 0.2) is 48.5 Å². The maximum absolute atomic E-state index is 13.6. The lowest BCUT2D eigenvalue weighted by Gasteiger charge is -2.31. The molecule has 13 heteroatoms. The van der Waals surface area contributed by atoms with E-state index in [2.05, 4.69) is 5.32 Å². The Hall–Kier alpha value is -4.39. The second kappa shape index (κ2) is 11.3. The molecule has 2 aromatic carbocycles. The summed E-state index contributed by atoms with van der Waals surface area (Å²) in [5.41, 5.74) is -0.0333. The molecule has 38 heavy (non-hydrogen) atoms. The van der Waals surface area contributed by atoms with Crippen molar-refractivity contribution >= 4 is 29.4 Å². The number of rotatable bonds is 8. The van der Waals surface area contributed by atoms with Crippen LogP contribution < -0.4 is 5.32 Å². The van der Waals surface area contributed by atoms with E-state index >= 15 is 0 Å². The highest BCUT2D eigenvalue weighted by molar-refractivity contribution is 5.99. The van der Waals surface area contributed by atoms with Crippen LogP contribution in [-0.2, 0) is 19.1 Å². The molecule has 2 aliphatic heterocycles. The van der Waals surface area contributed by atoms with E-state index in [9.17, 15) is 38.8 Å². The zero-order chi connectivity index (χ0) is 27.4. The predicted octanol–water partition coefficient (Wildman–Crippen LogP) is 1.86. The molecule has 12 nitrogen and oxygen atoms in total. The molecule has 4 rings (SSSR count). The van der Waals surface area contributed by atoms with Gasteiger partial charge in [-0.1, -0.05) is 12.1 Å². The maximum Gasteiger partial charge on any atom is 0.305 e. The Morgan fingerprint density at radius 1 is 1.13 bits per heavy atom. The molecule has 0 aliphatic carbocycles. The van der Waals surface area contributed by atoms with Crippen LogP contribution in [-0.4, -0.2) is 75.5 Å². The van der Waals surface area contributed by atoms with Gasteiger partial charge in [0.05, 0.1) is 17.4 Å². The third kappa shape index (κ3) is 5.78. The zero-order valence-corrected chi connectivity index (χ0v) is 20.1. The van der Waals surface area contributed by atoms with Crippen LogP contribution in [0.5, 0.6) is 0 Å². The van der Waals surface area contributed by atoms with Gasteiger partial charge in [-0.2, -0.15) is 0 Å². The molecule has 2 saturated heterocycles.